The van der Waals surface area contributed by atoms with Crippen LogP contribution in [0.1, 0.15) is 12.0 Å². The van der Waals surface area contributed by atoms with Crippen LogP contribution in [-0.2, 0) is 11.2 Å². The highest BCUT2D eigenvalue weighted by Gasteiger charge is 1.95. The van der Waals surface area contributed by atoms with E-state index in [-0.39, 0.29) is 12.5 Å². The zero-order valence-corrected chi connectivity index (χ0v) is 8.20. The predicted molar refractivity (Wildman–Crippen MR) is 56.8 cm³/mol. The van der Waals surface area contributed by atoms with Gasteiger partial charge in [-0.15, -0.1) is 0 Å². The van der Waals surface area contributed by atoms with Crippen molar-refractivity contribution in [1.29, 1.82) is 0 Å². The number of nitrogens with two attached hydrogens (primary N) is 1. The summed E-state index contributed by atoms with van der Waals surface area (Å²) in [4.78, 5) is 10.8. The van der Waals surface area contributed by atoms with Crippen LogP contribution in [0.4, 0.5) is 0 Å². The van der Waals surface area contributed by atoms with Crippen molar-refractivity contribution in [2.45, 2.75) is 12.8 Å². The highest BCUT2D eigenvalue weighted by atomic mass is 16.1. The number of rotatable bonds is 5. The Balaban J connectivity index is 2.13. The first-order valence-electron chi connectivity index (χ1n) is 4.83. The van der Waals surface area contributed by atoms with E-state index < -0.39 is 0 Å². The molecule has 3 nitrogen and oxygen atoms in total. The summed E-state index contributed by atoms with van der Waals surface area (Å²) in [5.41, 5.74) is 6.45. The molecule has 0 fully saturated rings. The molecule has 0 saturated carbocycles. The van der Waals surface area contributed by atoms with Gasteiger partial charge in [0, 0.05) is 6.54 Å². The van der Waals surface area contributed by atoms with E-state index in [1.165, 1.54) is 5.56 Å². The summed E-state index contributed by atoms with van der Waals surface area (Å²) in [5, 5.41) is 2.74. The number of hydrogen-bond donors (Lipinski definition) is 2. The molecule has 0 atom stereocenters. The molecule has 0 spiro atoms. The molecule has 0 unspecified atom stereocenters. The van der Waals surface area contributed by atoms with E-state index in [1.54, 1.807) is 0 Å². The van der Waals surface area contributed by atoms with Gasteiger partial charge in [-0.3, -0.25) is 4.79 Å². The number of carbonyl (C=O) groups excluding carboxylic acids is 1. The number of hydrogen-bond acceptors (Lipinski definition) is 2. The summed E-state index contributed by atoms with van der Waals surface area (Å²) in [6, 6.07) is 10.2. The van der Waals surface area contributed by atoms with Crippen molar-refractivity contribution in [3.8, 4) is 0 Å². The first kappa shape index (κ1) is 10.7. The van der Waals surface area contributed by atoms with Crippen LogP contribution in [0.3, 0.4) is 0 Å². The summed E-state index contributed by atoms with van der Waals surface area (Å²) in [5.74, 6) is -0.0851. The second-order valence-electron chi connectivity index (χ2n) is 3.14. The quantitative estimate of drug-likeness (QED) is 0.674. The van der Waals surface area contributed by atoms with Crippen LogP contribution < -0.4 is 11.1 Å². The van der Waals surface area contributed by atoms with E-state index in [0.29, 0.717) is 6.54 Å². The zero-order valence-electron chi connectivity index (χ0n) is 8.20. The maximum absolute atomic E-state index is 10.8. The summed E-state index contributed by atoms with van der Waals surface area (Å²) in [7, 11) is 0. The third kappa shape index (κ3) is 4.05. The average Bonchev–Trinajstić information content (AvgIpc) is 2.25. The van der Waals surface area contributed by atoms with E-state index in [4.69, 9.17) is 5.73 Å². The molecule has 1 aromatic carbocycles. The molecule has 3 N–H and O–H groups in total. The third-order valence-corrected chi connectivity index (χ3v) is 1.99. The molecule has 0 radical (unpaired) electrons. The van der Waals surface area contributed by atoms with Crippen molar-refractivity contribution in [3.05, 3.63) is 35.9 Å². The van der Waals surface area contributed by atoms with Gasteiger partial charge in [-0.05, 0) is 18.4 Å². The lowest BCUT2D eigenvalue weighted by atomic mass is 10.1. The topological polar surface area (TPSA) is 55.1 Å². The van der Waals surface area contributed by atoms with Gasteiger partial charge < -0.3 is 11.1 Å². The predicted octanol–water partition coefficient (Wildman–Crippen LogP) is 0.694. The normalized spacial score (nSPS) is 9.79. The van der Waals surface area contributed by atoms with E-state index in [2.05, 4.69) is 17.4 Å². The van der Waals surface area contributed by atoms with Gasteiger partial charge in [-0.25, -0.2) is 0 Å². The second-order valence-corrected chi connectivity index (χ2v) is 3.14. The summed E-state index contributed by atoms with van der Waals surface area (Å²) < 4.78 is 0. The van der Waals surface area contributed by atoms with Gasteiger partial charge in [0.25, 0.3) is 0 Å². The smallest absolute Gasteiger partial charge is 0.233 e. The Hall–Kier alpha value is -1.35. The third-order valence-electron chi connectivity index (χ3n) is 1.99. The Kier molecular flexibility index (Phi) is 4.72. The van der Waals surface area contributed by atoms with Crippen LogP contribution in [0, 0.1) is 0 Å². The minimum Gasteiger partial charge on any atom is -0.355 e. The SMILES string of the molecule is NCC(=O)NCCCc1ccccc1. The second kappa shape index (κ2) is 6.16. The van der Waals surface area contributed by atoms with Gasteiger partial charge in [0.1, 0.15) is 0 Å². The number of carbonyl (C=O) groups is 1. The molecule has 1 rings (SSSR count). The fraction of sp³-hybridized carbons (Fsp3) is 0.364. The Morgan fingerprint density at radius 2 is 2.00 bits per heavy atom. The molecule has 76 valence electrons. The number of aryl methyl sites for hydroxylation is 1. The highest BCUT2D eigenvalue weighted by molar-refractivity contribution is 5.77. The van der Waals surface area contributed by atoms with Crippen LogP contribution in [0.25, 0.3) is 0 Å². The van der Waals surface area contributed by atoms with Crippen molar-refractivity contribution in [3.63, 3.8) is 0 Å². The summed E-state index contributed by atoms with van der Waals surface area (Å²) in [6.45, 7) is 0.774. The van der Waals surface area contributed by atoms with Crippen LogP contribution in [0.5, 0.6) is 0 Å². The van der Waals surface area contributed by atoms with Crippen molar-refractivity contribution in [2.24, 2.45) is 5.73 Å². The first-order chi connectivity index (χ1) is 6.83. The van der Waals surface area contributed by atoms with Gasteiger partial charge in [0.15, 0.2) is 0 Å². The minimum atomic E-state index is -0.0851. The van der Waals surface area contributed by atoms with E-state index >= 15 is 0 Å². The average molecular weight is 192 g/mol. The molecule has 1 amide bonds. The van der Waals surface area contributed by atoms with Gasteiger partial charge in [-0.2, -0.15) is 0 Å². The molecule has 3 heteroatoms. The van der Waals surface area contributed by atoms with Crippen molar-refractivity contribution in [1.82, 2.24) is 5.32 Å². The van der Waals surface area contributed by atoms with Gasteiger partial charge in [-0.1, -0.05) is 30.3 Å². The lowest BCUT2D eigenvalue weighted by Gasteiger charge is -2.03. The fourth-order valence-corrected chi connectivity index (χ4v) is 1.24. The highest BCUT2D eigenvalue weighted by Crippen LogP contribution is 2.01. The van der Waals surface area contributed by atoms with Crippen LogP contribution >= 0.6 is 0 Å². The molecule has 0 aliphatic rings. The van der Waals surface area contributed by atoms with Crippen molar-refractivity contribution >= 4 is 5.91 Å². The standard InChI is InChI=1S/C11H16N2O/c12-9-11(14)13-8-4-7-10-5-2-1-3-6-10/h1-3,5-6H,4,7-9,12H2,(H,13,14). The lowest BCUT2D eigenvalue weighted by Crippen LogP contribution is -2.31. The zero-order chi connectivity index (χ0) is 10.2. The van der Waals surface area contributed by atoms with Crippen molar-refractivity contribution in [2.75, 3.05) is 13.1 Å². The first-order valence-corrected chi connectivity index (χ1v) is 4.83. The molecule has 0 saturated heterocycles. The number of nitrogens with one attached hydrogen (secondary N) is 1. The fourth-order valence-electron chi connectivity index (χ4n) is 1.24. The molecule has 0 heterocycles. The monoisotopic (exact) mass is 192 g/mol. The van der Waals surface area contributed by atoms with Gasteiger partial charge >= 0.3 is 0 Å². The summed E-state index contributed by atoms with van der Waals surface area (Å²) in [6.07, 6.45) is 1.95. The maximum Gasteiger partial charge on any atom is 0.233 e. The lowest BCUT2D eigenvalue weighted by molar-refractivity contribution is -0.119. The van der Waals surface area contributed by atoms with Crippen LogP contribution in [-0.4, -0.2) is 19.0 Å². The van der Waals surface area contributed by atoms with E-state index in [0.717, 1.165) is 12.8 Å². The molecule has 0 aromatic heterocycles. The van der Waals surface area contributed by atoms with Crippen molar-refractivity contribution < 1.29 is 4.79 Å². The maximum atomic E-state index is 10.8. The van der Waals surface area contributed by atoms with Crippen LogP contribution in [0.15, 0.2) is 30.3 Å². The molecular formula is C11H16N2O. The molecule has 14 heavy (non-hydrogen) atoms. The number of amides is 1. The Morgan fingerprint density at radius 3 is 2.64 bits per heavy atom. The molecule has 0 bridgehead atoms. The molecule has 0 aliphatic heterocycles. The Bertz CT molecular complexity index is 272. The minimum absolute atomic E-state index is 0.0747. The van der Waals surface area contributed by atoms with E-state index in [9.17, 15) is 4.79 Å². The number of benzene rings is 1. The Morgan fingerprint density at radius 1 is 1.29 bits per heavy atom. The summed E-state index contributed by atoms with van der Waals surface area (Å²) >= 11 is 0. The Labute approximate surface area is 84.3 Å². The largest absolute Gasteiger partial charge is 0.355 e. The molecule has 0 aliphatic carbocycles. The van der Waals surface area contributed by atoms with Gasteiger partial charge in [0.2, 0.25) is 5.91 Å². The molecular weight excluding hydrogens is 176 g/mol. The van der Waals surface area contributed by atoms with E-state index in [1.807, 2.05) is 18.2 Å². The van der Waals surface area contributed by atoms with Crippen LogP contribution in [0.2, 0.25) is 0 Å². The van der Waals surface area contributed by atoms with Gasteiger partial charge in [0.05, 0.1) is 6.54 Å². The molecule has 1 aromatic rings.